The SMILES string of the molecule is Cc1ccccc1COc1cccc(-c2n[nH]nc2C(N)=O)c1. The predicted octanol–water partition coefficient (Wildman–Crippen LogP) is 2.46. The van der Waals surface area contributed by atoms with Crippen LogP contribution >= 0.6 is 0 Å². The van der Waals surface area contributed by atoms with E-state index >= 15 is 0 Å². The lowest BCUT2D eigenvalue weighted by molar-refractivity contribution is 0.0996. The molecule has 1 amide bonds. The summed E-state index contributed by atoms with van der Waals surface area (Å²) in [5.41, 5.74) is 8.84. The summed E-state index contributed by atoms with van der Waals surface area (Å²) in [5, 5.41) is 10.2. The average Bonchev–Trinajstić information content (AvgIpc) is 3.04. The standard InChI is InChI=1S/C17H16N4O2/c1-11-5-2-3-6-13(11)10-23-14-8-4-7-12(9-14)15-16(17(18)22)20-21-19-15/h2-9H,10H2,1H3,(H2,18,22)(H,19,20,21). The molecule has 0 spiro atoms. The molecule has 3 aromatic rings. The zero-order valence-electron chi connectivity index (χ0n) is 12.6. The van der Waals surface area contributed by atoms with Crippen molar-refractivity contribution >= 4 is 5.91 Å². The lowest BCUT2D eigenvalue weighted by Crippen LogP contribution is -2.12. The van der Waals surface area contributed by atoms with E-state index in [-0.39, 0.29) is 5.69 Å². The molecule has 6 heteroatoms. The van der Waals surface area contributed by atoms with E-state index in [0.717, 1.165) is 11.1 Å². The van der Waals surface area contributed by atoms with Gasteiger partial charge < -0.3 is 10.5 Å². The maximum absolute atomic E-state index is 11.4. The third kappa shape index (κ3) is 3.21. The van der Waals surface area contributed by atoms with E-state index in [1.807, 2.05) is 55.5 Å². The van der Waals surface area contributed by atoms with E-state index in [9.17, 15) is 4.79 Å². The van der Waals surface area contributed by atoms with Crippen molar-refractivity contribution in [3.8, 4) is 17.0 Å². The lowest BCUT2D eigenvalue weighted by atomic mass is 10.1. The third-order valence-corrected chi connectivity index (χ3v) is 3.54. The molecule has 3 rings (SSSR count). The van der Waals surface area contributed by atoms with Crippen LogP contribution in [0.1, 0.15) is 21.6 Å². The largest absolute Gasteiger partial charge is 0.489 e. The number of aromatic amines is 1. The van der Waals surface area contributed by atoms with Crippen LogP contribution < -0.4 is 10.5 Å². The second-order valence-electron chi connectivity index (χ2n) is 5.13. The summed E-state index contributed by atoms with van der Waals surface area (Å²) in [4.78, 5) is 11.4. The summed E-state index contributed by atoms with van der Waals surface area (Å²) in [6.07, 6.45) is 0. The van der Waals surface area contributed by atoms with E-state index in [0.29, 0.717) is 18.1 Å². The van der Waals surface area contributed by atoms with Crippen LogP contribution in [0, 0.1) is 6.92 Å². The Morgan fingerprint density at radius 1 is 1.17 bits per heavy atom. The number of amides is 1. The third-order valence-electron chi connectivity index (χ3n) is 3.54. The zero-order valence-corrected chi connectivity index (χ0v) is 12.6. The highest BCUT2D eigenvalue weighted by molar-refractivity contribution is 5.96. The maximum Gasteiger partial charge on any atom is 0.271 e. The molecular weight excluding hydrogens is 292 g/mol. The van der Waals surface area contributed by atoms with Gasteiger partial charge in [-0.1, -0.05) is 36.4 Å². The number of primary amides is 1. The number of hydrogen-bond acceptors (Lipinski definition) is 4. The van der Waals surface area contributed by atoms with Crippen molar-refractivity contribution in [2.75, 3.05) is 0 Å². The molecule has 116 valence electrons. The van der Waals surface area contributed by atoms with Gasteiger partial charge in [-0.2, -0.15) is 15.4 Å². The number of ether oxygens (including phenoxy) is 1. The molecule has 0 fully saturated rings. The second kappa shape index (κ2) is 6.31. The molecular formula is C17H16N4O2. The Bertz CT molecular complexity index is 842. The topological polar surface area (TPSA) is 93.9 Å². The van der Waals surface area contributed by atoms with Crippen molar-refractivity contribution in [1.82, 2.24) is 15.4 Å². The van der Waals surface area contributed by atoms with Crippen molar-refractivity contribution < 1.29 is 9.53 Å². The molecule has 0 aliphatic rings. The predicted molar refractivity (Wildman–Crippen MR) is 85.8 cm³/mol. The highest BCUT2D eigenvalue weighted by atomic mass is 16.5. The first kappa shape index (κ1) is 14.8. The van der Waals surface area contributed by atoms with Crippen LogP contribution in [-0.4, -0.2) is 21.3 Å². The smallest absolute Gasteiger partial charge is 0.271 e. The first-order valence-electron chi connectivity index (χ1n) is 7.13. The minimum Gasteiger partial charge on any atom is -0.489 e. The summed E-state index contributed by atoms with van der Waals surface area (Å²) < 4.78 is 5.84. The maximum atomic E-state index is 11.4. The molecule has 2 aromatic carbocycles. The molecule has 0 radical (unpaired) electrons. The van der Waals surface area contributed by atoms with Crippen LogP contribution in [-0.2, 0) is 6.61 Å². The second-order valence-corrected chi connectivity index (χ2v) is 5.13. The molecule has 1 aromatic heterocycles. The van der Waals surface area contributed by atoms with Gasteiger partial charge in [0, 0.05) is 5.56 Å². The van der Waals surface area contributed by atoms with Crippen molar-refractivity contribution in [3.63, 3.8) is 0 Å². The van der Waals surface area contributed by atoms with E-state index in [1.165, 1.54) is 5.56 Å². The molecule has 0 unspecified atom stereocenters. The Morgan fingerprint density at radius 3 is 2.78 bits per heavy atom. The van der Waals surface area contributed by atoms with Crippen LogP contribution in [0.2, 0.25) is 0 Å². The number of carbonyl (C=O) groups is 1. The number of H-pyrrole nitrogens is 1. The highest BCUT2D eigenvalue weighted by Gasteiger charge is 2.15. The minimum absolute atomic E-state index is 0.112. The Hall–Kier alpha value is -3.15. The van der Waals surface area contributed by atoms with E-state index in [2.05, 4.69) is 15.4 Å². The Morgan fingerprint density at radius 2 is 2.00 bits per heavy atom. The number of nitrogens with one attached hydrogen (secondary N) is 1. The van der Waals surface area contributed by atoms with E-state index < -0.39 is 5.91 Å². The zero-order chi connectivity index (χ0) is 16.2. The van der Waals surface area contributed by atoms with Crippen LogP contribution in [0.25, 0.3) is 11.3 Å². The number of nitrogens with two attached hydrogens (primary N) is 1. The molecule has 0 saturated carbocycles. The molecule has 6 nitrogen and oxygen atoms in total. The Labute approximate surface area is 133 Å². The lowest BCUT2D eigenvalue weighted by Gasteiger charge is -2.09. The van der Waals surface area contributed by atoms with Crippen LogP contribution in [0.4, 0.5) is 0 Å². The van der Waals surface area contributed by atoms with Crippen molar-refractivity contribution in [1.29, 1.82) is 0 Å². The van der Waals surface area contributed by atoms with Crippen LogP contribution in [0.15, 0.2) is 48.5 Å². The first-order chi connectivity index (χ1) is 11.1. The molecule has 0 aliphatic carbocycles. The van der Waals surface area contributed by atoms with Crippen LogP contribution in [0.5, 0.6) is 5.75 Å². The number of aromatic nitrogens is 3. The average molecular weight is 308 g/mol. The Kier molecular flexibility index (Phi) is 4.05. The van der Waals surface area contributed by atoms with Gasteiger partial charge in [-0.15, -0.1) is 0 Å². The molecule has 3 N–H and O–H groups in total. The van der Waals surface area contributed by atoms with E-state index in [1.54, 1.807) is 0 Å². The summed E-state index contributed by atoms with van der Waals surface area (Å²) in [6.45, 7) is 2.52. The van der Waals surface area contributed by atoms with E-state index in [4.69, 9.17) is 10.5 Å². The molecule has 1 heterocycles. The molecule has 0 saturated heterocycles. The number of rotatable bonds is 5. The first-order valence-corrected chi connectivity index (χ1v) is 7.13. The van der Waals surface area contributed by atoms with Gasteiger partial charge in [0.1, 0.15) is 18.1 Å². The fraction of sp³-hybridized carbons (Fsp3) is 0.118. The van der Waals surface area contributed by atoms with Gasteiger partial charge in [0.05, 0.1) is 0 Å². The van der Waals surface area contributed by atoms with Gasteiger partial charge in [0.15, 0.2) is 5.69 Å². The van der Waals surface area contributed by atoms with Crippen molar-refractivity contribution in [2.24, 2.45) is 5.73 Å². The minimum atomic E-state index is -0.625. The number of hydrogen-bond donors (Lipinski definition) is 2. The molecule has 0 aliphatic heterocycles. The number of nitrogens with zero attached hydrogens (tertiary/aromatic N) is 2. The van der Waals surface area contributed by atoms with Crippen LogP contribution in [0.3, 0.4) is 0 Å². The van der Waals surface area contributed by atoms with Crippen molar-refractivity contribution in [3.05, 3.63) is 65.4 Å². The number of benzene rings is 2. The molecule has 0 atom stereocenters. The summed E-state index contributed by atoms with van der Waals surface area (Å²) in [6, 6.07) is 15.4. The van der Waals surface area contributed by atoms with Gasteiger partial charge in [-0.3, -0.25) is 4.79 Å². The summed E-state index contributed by atoms with van der Waals surface area (Å²) >= 11 is 0. The van der Waals surface area contributed by atoms with Gasteiger partial charge in [-0.25, -0.2) is 0 Å². The Balaban J connectivity index is 1.82. The fourth-order valence-electron chi connectivity index (χ4n) is 2.27. The number of aryl methyl sites for hydroxylation is 1. The summed E-state index contributed by atoms with van der Waals surface area (Å²) in [5.74, 6) is 0.0594. The monoisotopic (exact) mass is 308 g/mol. The van der Waals surface area contributed by atoms with Gasteiger partial charge in [0.25, 0.3) is 5.91 Å². The van der Waals surface area contributed by atoms with Gasteiger partial charge in [-0.05, 0) is 30.2 Å². The van der Waals surface area contributed by atoms with Crippen molar-refractivity contribution in [2.45, 2.75) is 13.5 Å². The highest BCUT2D eigenvalue weighted by Crippen LogP contribution is 2.24. The fourth-order valence-corrected chi connectivity index (χ4v) is 2.27. The molecule has 0 bridgehead atoms. The molecule has 23 heavy (non-hydrogen) atoms. The normalized spacial score (nSPS) is 10.5. The van der Waals surface area contributed by atoms with Gasteiger partial charge >= 0.3 is 0 Å². The number of carbonyl (C=O) groups excluding carboxylic acids is 1. The summed E-state index contributed by atoms with van der Waals surface area (Å²) in [7, 11) is 0. The van der Waals surface area contributed by atoms with Gasteiger partial charge in [0.2, 0.25) is 0 Å². The quantitative estimate of drug-likeness (QED) is 0.757.